The number of nitrogens with one attached hydrogen (secondary N) is 1. The van der Waals surface area contributed by atoms with Crippen molar-refractivity contribution < 1.29 is 18.7 Å². The quantitative estimate of drug-likeness (QED) is 0.862. The molecular weight excluding hydrogens is 297 g/mol. The zero-order chi connectivity index (χ0) is 16.8. The van der Waals surface area contributed by atoms with Gasteiger partial charge in [0.2, 0.25) is 0 Å². The molecule has 120 valence electrons. The van der Waals surface area contributed by atoms with Gasteiger partial charge in [-0.15, -0.1) is 0 Å². The van der Waals surface area contributed by atoms with Crippen LogP contribution in [-0.4, -0.2) is 18.5 Å². The molecule has 4 nitrogen and oxygen atoms in total. The van der Waals surface area contributed by atoms with Crippen molar-refractivity contribution in [1.82, 2.24) is 0 Å². The molecule has 0 heterocycles. The SMILES string of the molecule is Cc1ccc(NC(=O)COC(=O)Cc2ccccc2C)cc1F. The third kappa shape index (κ3) is 4.92. The highest BCUT2D eigenvalue weighted by Crippen LogP contribution is 2.13. The topological polar surface area (TPSA) is 55.4 Å². The fourth-order valence-corrected chi connectivity index (χ4v) is 2.03. The molecule has 0 radical (unpaired) electrons. The van der Waals surface area contributed by atoms with E-state index < -0.39 is 24.3 Å². The number of aryl methyl sites for hydroxylation is 2. The molecule has 2 aromatic rings. The first kappa shape index (κ1) is 16.7. The molecule has 0 bridgehead atoms. The predicted octanol–water partition coefficient (Wildman–Crippen LogP) is 3.17. The average molecular weight is 315 g/mol. The molecule has 0 fully saturated rings. The summed E-state index contributed by atoms with van der Waals surface area (Å²) in [4.78, 5) is 23.5. The molecular formula is C18H18FNO3. The van der Waals surface area contributed by atoms with Crippen LogP contribution in [0.3, 0.4) is 0 Å². The normalized spacial score (nSPS) is 10.2. The minimum Gasteiger partial charge on any atom is -0.455 e. The lowest BCUT2D eigenvalue weighted by atomic mass is 10.1. The smallest absolute Gasteiger partial charge is 0.310 e. The van der Waals surface area contributed by atoms with E-state index in [1.54, 1.807) is 19.1 Å². The van der Waals surface area contributed by atoms with Crippen molar-refractivity contribution in [2.75, 3.05) is 11.9 Å². The minimum absolute atomic E-state index is 0.110. The Hall–Kier alpha value is -2.69. The van der Waals surface area contributed by atoms with Crippen LogP contribution >= 0.6 is 0 Å². The highest BCUT2D eigenvalue weighted by atomic mass is 19.1. The molecule has 0 aliphatic rings. The summed E-state index contributed by atoms with van der Waals surface area (Å²) in [6, 6.07) is 11.8. The number of benzene rings is 2. The van der Waals surface area contributed by atoms with E-state index in [2.05, 4.69) is 5.32 Å². The molecule has 0 saturated carbocycles. The molecule has 1 amide bonds. The van der Waals surface area contributed by atoms with Crippen LogP contribution in [0, 0.1) is 19.7 Å². The van der Waals surface area contributed by atoms with Crippen molar-refractivity contribution >= 4 is 17.6 Å². The molecule has 5 heteroatoms. The first-order valence-electron chi connectivity index (χ1n) is 7.22. The van der Waals surface area contributed by atoms with Gasteiger partial charge in [0.25, 0.3) is 5.91 Å². The van der Waals surface area contributed by atoms with Crippen molar-refractivity contribution in [3.8, 4) is 0 Å². The Labute approximate surface area is 134 Å². The summed E-state index contributed by atoms with van der Waals surface area (Å²) < 4.78 is 18.3. The molecule has 0 aliphatic heterocycles. The summed E-state index contributed by atoms with van der Waals surface area (Å²) in [6.07, 6.45) is 0.110. The molecule has 2 aromatic carbocycles. The number of carbonyl (C=O) groups excluding carboxylic acids is 2. The second-order valence-corrected chi connectivity index (χ2v) is 5.28. The molecule has 0 aliphatic carbocycles. The Morgan fingerprint density at radius 2 is 1.83 bits per heavy atom. The van der Waals surface area contributed by atoms with Crippen LogP contribution in [0.4, 0.5) is 10.1 Å². The van der Waals surface area contributed by atoms with Crippen molar-refractivity contribution in [3.63, 3.8) is 0 Å². The van der Waals surface area contributed by atoms with Gasteiger partial charge in [0.15, 0.2) is 6.61 Å². The van der Waals surface area contributed by atoms with E-state index in [0.29, 0.717) is 11.3 Å². The number of carbonyl (C=O) groups is 2. The van der Waals surface area contributed by atoms with Gasteiger partial charge < -0.3 is 10.1 Å². The maximum absolute atomic E-state index is 13.4. The summed E-state index contributed by atoms with van der Waals surface area (Å²) >= 11 is 0. The molecule has 23 heavy (non-hydrogen) atoms. The van der Waals surface area contributed by atoms with Crippen LogP contribution < -0.4 is 5.32 Å². The van der Waals surface area contributed by atoms with Crippen LogP contribution in [0.2, 0.25) is 0 Å². The van der Waals surface area contributed by atoms with Gasteiger partial charge in [-0.3, -0.25) is 9.59 Å². The van der Waals surface area contributed by atoms with Crippen LogP contribution in [-0.2, 0) is 20.7 Å². The number of rotatable bonds is 5. The highest BCUT2D eigenvalue weighted by molar-refractivity contribution is 5.92. The lowest BCUT2D eigenvalue weighted by Gasteiger charge is -2.08. The standard InChI is InChI=1S/C18H18FNO3/c1-12-5-3-4-6-14(12)9-18(22)23-11-17(21)20-15-8-7-13(2)16(19)10-15/h3-8,10H,9,11H2,1-2H3,(H,20,21). The Bertz CT molecular complexity index is 728. The number of halogens is 1. The zero-order valence-corrected chi connectivity index (χ0v) is 13.1. The zero-order valence-electron chi connectivity index (χ0n) is 13.1. The van der Waals surface area contributed by atoms with Gasteiger partial charge in [0, 0.05) is 5.69 Å². The van der Waals surface area contributed by atoms with Gasteiger partial charge >= 0.3 is 5.97 Å². The number of anilines is 1. The summed E-state index contributed by atoms with van der Waals surface area (Å²) in [5.74, 6) is -1.39. The average Bonchev–Trinajstić information content (AvgIpc) is 2.51. The number of hydrogen-bond donors (Lipinski definition) is 1. The Balaban J connectivity index is 1.83. The van der Waals surface area contributed by atoms with Crippen molar-refractivity contribution in [2.24, 2.45) is 0 Å². The van der Waals surface area contributed by atoms with E-state index in [0.717, 1.165) is 11.1 Å². The second-order valence-electron chi connectivity index (χ2n) is 5.28. The number of esters is 1. The van der Waals surface area contributed by atoms with E-state index in [4.69, 9.17) is 4.74 Å². The summed E-state index contributed by atoms with van der Waals surface area (Å²) in [6.45, 7) is 3.13. The first-order chi connectivity index (χ1) is 11.0. The first-order valence-corrected chi connectivity index (χ1v) is 7.22. The fourth-order valence-electron chi connectivity index (χ4n) is 2.03. The molecule has 0 saturated heterocycles. The third-order valence-corrected chi connectivity index (χ3v) is 3.42. The number of hydrogen-bond acceptors (Lipinski definition) is 3. The third-order valence-electron chi connectivity index (χ3n) is 3.42. The minimum atomic E-state index is -0.508. The molecule has 0 unspecified atom stereocenters. The van der Waals surface area contributed by atoms with Crippen molar-refractivity contribution in [2.45, 2.75) is 20.3 Å². The number of amides is 1. The lowest BCUT2D eigenvalue weighted by Crippen LogP contribution is -2.21. The van der Waals surface area contributed by atoms with Crippen LogP contribution in [0.5, 0.6) is 0 Å². The van der Waals surface area contributed by atoms with Gasteiger partial charge in [0.1, 0.15) is 5.82 Å². The largest absolute Gasteiger partial charge is 0.455 e. The second kappa shape index (κ2) is 7.54. The Morgan fingerprint density at radius 3 is 2.52 bits per heavy atom. The maximum atomic E-state index is 13.4. The van der Waals surface area contributed by atoms with E-state index in [9.17, 15) is 14.0 Å². The van der Waals surface area contributed by atoms with Gasteiger partial charge in [-0.2, -0.15) is 0 Å². The summed E-state index contributed by atoms with van der Waals surface area (Å²) in [7, 11) is 0. The Kier molecular flexibility index (Phi) is 5.46. The summed E-state index contributed by atoms with van der Waals surface area (Å²) in [5, 5.41) is 2.48. The molecule has 0 aromatic heterocycles. The van der Waals surface area contributed by atoms with Gasteiger partial charge in [-0.25, -0.2) is 4.39 Å². The maximum Gasteiger partial charge on any atom is 0.310 e. The predicted molar refractivity (Wildman–Crippen MR) is 85.6 cm³/mol. The summed E-state index contributed by atoms with van der Waals surface area (Å²) in [5.41, 5.74) is 2.67. The van der Waals surface area contributed by atoms with E-state index in [1.165, 1.54) is 6.07 Å². The van der Waals surface area contributed by atoms with Crippen molar-refractivity contribution in [3.05, 3.63) is 65.0 Å². The van der Waals surface area contributed by atoms with E-state index in [-0.39, 0.29) is 6.42 Å². The Morgan fingerprint density at radius 1 is 1.09 bits per heavy atom. The number of ether oxygens (including phenoxy) is 1. The molecule has 0 atom stereocenters. The molecule has 2 rings (SSSR count). The van der Waals surface area contributed by atoms with Gasteiger partial charge in [0.05, 0.1) is 6.42 Å². The van der Waals surface area contributed by atoms with Gasteiger partial charge in [-0.05, 0) is 42.7 Å². The fraction of sp³-hybridized carbons (Fsp3) is 0.222. The van der Waals surface area contributed by atoms with Crippen molar-refractivity contribution in [1.29, 1.82) is 0 Å². The van der Waals surface area contributed by atoms with Gasteiger partial charge in [-0.1, -0.05) is 30.3 Å². The van der Waals surface area contributed by atoms with E-state index in [1.807, 2.05) is 31.2 Å². The molecule has 0 spiro atoms. The van der Waals surface area contributed by atoms with Crippen LogP contribution in [0.25, 0.3) is 0 Å². The van der Waals surface area contributed by atoms with Crippen LogP contribution in [0.15, 0.2) is 42.5 Å². The monoisotopic (exact) mass is 315 g/mol. The highest BCUT2D eigenvalue weighted by Gasteiger charge is 2.10. The lowest BCUT2D eigenvalue weighted by molar-refractivity contribution is -0.146. The molecule has 1 N–H and O–H groups in total. The van der Waals surface area contributed by atoms with E-state index >= 15 is 0 Å². The van der Waals surface area contributed by atoms with Crippen LogP contribution in [0.1, 0.15) is 16.7 Å².